The Kier molecular flexibility index (Phi) is 6.72. The van der Waals surface area contributed by atoms with Crippen LogP contribution in [-0.4, -0.2) is 29.6 Å². The maximum absolute atomic E-state index is 11.7. The highest BCUT2D eigenvalue weighted by atomic mass is 16.5. The Labute approximate surface area is 125 Å². The summed E-state index contributed by atoms with van der Waals surface area (Å²) in [4.78, 5) is 22.1. The summed E-state index contributed by atoms with van der Waals surface area (Å²) in [6.45, 7) is 5.93. The summed E-state index contributed by atoms with van der Waals surface area (Å²) in [7, 11) is 0. The fourth-order valence-electron chi connectivity index (χ4n) is 1.83. The van der Waals surface area contributed by atoms with Crippen molar-refractivity contribution in [2.75, 3.05) is 6.61 Å². The highest BCUT2D eigenvalue weighted by Crippen LogP contribution is 2.18. The Bertz CT molecular complexity index is 468. The van der Waals surface area contributed by atoms with Crippen LogP contribution in [-0.2, 0) is 9.59 Å². The Morgan fingerprint density at radius 1 is 1.19 bits per heavy atom. The molecule has 1 amide bonds. The smallest absolute Gasteiger partial charge is 0.303 e. The summed E-state index contributed by atoms with van der Waals surface area (Å²) >= 11 is 0. The van der Waals surface area contributed by atoms with Crippen LogP contribution in [0.15, 0.2) is 24.3 Å². The zero-order valence-corrected chi connectivity index (χ0v) is 12.8. The summed E-state index contributed by atoms with van der Waals surface area (Å²) in [5.74, 6) is -0.0106. The number of aliphatic carboxylic acids is 1. The first-order valence-corrected chi connectivity index (χ1v) is 7.12. The molecule has 0 spiro atoms. The van der Waals surface area contributed by atoms with Crippen molar-refractivity contribution in [2.45, 2.75) is 45.6 Å². The van der Waals surface area contributed by atoms with Gasteiger partial charge < -0.3 is 15.2 Å². The van der Waals surface area contributed by atoms with E-state index >= 15 is 0 Å². The third kappa shape index (κ3) is 6.79. The number of carbonyl (C=O) groups is 2. The van der Waals surface area contributed by atoms with Crippen molar-refractivity contribution in [2.24, 2.45) is 0 Å². The second-order valence-electron chi connectivity index (χ2n) is 5.41. The summed E-state index contributed by atoms with van der Waals surface area (Å²) in [5, 5.41) is 11.3. The SMILES string of the molecule is CC(CCC(=O)O)NC(=O)COc1ccc(C(C)C)cc1. The Hall–Kier alpha value is -2.04. The minimum atomic E-state index is -0.863. The van der Waals surface area contributed by atoms with Gasteiger partial charge in [0.25, 0.3) is 5.91 Å². The normalized spacial score (nSPS) is 12.0. The van der Waals surface area contributed by atoms with Gasteiger partial charge in [-0.05, 0) is 37.0 Å². The molecule has 21 heavy (non-hydrogen) atoms. The number of amides is 1. The van der Waals surface area contributed by atoms with Gasteiger partial charge >= 0.3 is 5.97 Å². The molecule has 1 unspecified atom stereocenters. The third-order valence-electron chi connectivity index (χ3n) is 3.12. The lowest BCUT2D eigenvalue weighted by Crippen LogP contribution is -2.36. The number of ether oxygens (including phenoxy) is 1. The molecule has 0 radical (unpaired) electrons. The highest BCUT2D eigenvalue weighted by Gasteiger charge is 2.10. The molecule has 1 atom stereocenters. The van der Waals surface area contributed by atoms with Crippen molar-refractivity contribution in [1.82, 2.24) is 5.32 Å². The van der Waals surface area contributed by atoms with Gasteiger partial charge in [0.1, 0.15) is 5.75 Å². The first-order valence-electron chi connectivity index (χ1n) is 7.12. The molecule has 116 valence electrons. The first-order chi connectivity index (χ1) is 9.88. The standard InChI is InChI=1S/C16H23NO4/c1-11(2)13-5-7-14(8-6-13)21-10-15(18)17-12(3)4-9-16(19)20/h5-8,11-12H,4,9-10H2,1-3H3,(H,17,18)(H,19,20). The van der Waals surface area contributed by atoms with Crippen LogP contribution in [0.3, 0.4) is 0 Å². The van der Waals surface area contributed by atoms with Crippen LogP contribution in [0.4, 0.5) is 0 Å². The number of nitrogens with one attached hydrogen (secondary N) is 1. The van der Waals surface area contributed by atoms with Crippen molar-refractivity contribution < 1.29 is 19.4 Å². The molecule has 0 fully saturated rings. The molecule has 0 aliphatic carbocycles. The Morgan fingerprint density at radius 2 is 1.81 bits per heavy atom. The zero-order chi connectivity index (χ0) is 15.8. The third-order valence-corrected chi connectivity index (χ3v) is 3.12. The van der Waals surface area contributed by atoms with Gasteiger partial charge in [0.05, 0.1) is 0 Å². The van der Waals surface area contributed by atoms with Gasteiger partial charge in [-0.15, -0.1) is 0 Å². The van der Waals surface area contributed by atoms with E-state index < -0.39 is 5.97 Å². The van der Waals surface area contributed by atoms with E-state index in [1.54, 1.807) is 6.92 Å². The van der Waals surface area contributed by atoms with Gasteiger partial charge in [-0.3, -0.25) is 9.59 Å². The molecule has 1 aromatic carbocycles. The monoisotopic (exact) mass is 293 g/mol. The van der Waals surface area contributed by atoms with Crippen LogP contribution in [0, 0.1) is 0 Å². The van der Waals surface area contributed by atoms with Crippen LogP contribution in [0.2, 0.25) is 0 Å². The van der Waals surface area contributed by atoms with E-state index in [0.29, 0.717) is 18.1 Å². The maximum atomic E-state index is 11.7. The predicted molar refractivity (Wildman–Crippen MR) is 80.5 cm³/mol. The van der Waals surface area contributed by atoms with E-state index in [1.165, 1.54) is 5.56 Å². The van der Waals surface area contributed by atoms with Crippen molar-refractivity contribution in [3.63, 3.8) is 0 Å². The number of hydrogen-bond donors (Lipinski definition) is 2. The van der Waals surface area contributed by atoms with Gasteiger partial charge in [0, 0.05) is 12.5 Å². The largest absolute Gasteiger partial charge is 0.484 e. The maximum Gasteiger partial charge on any atom is 0.303 e. The molecule has 0 saturated carbocycles. The van der Waals surface area contributed by atoms with E-state index in [0.717, 1.165) is 0 Å². The van der Waals surface area contributed by atoms with Crippen molar-refractivity contribution in [3.05, 3.63) is 29.8 Å². The average molecular weight is 293 g/mol. The first kappa shape index (κ1) is 17.0. The molecule has 1 rings (SSSR count). The van der Waals surface area contributed by atoms with Crippen LogP contribution < -0.4 is 10.1 Å². The number of rotatable bonds is 8. The van der Waals surface area contributed by atoms with Crippen molar-refractivity contribution in [1.29, 1.82) is 0 Å². The number of benzene rings is 1. The lowest BCUT2D eigenvalue weighted by atomic mass is 10.0. The number of hydrogen-bond acceptors (Lipinski definition) is 3. The predicted octanol–water partition coefficient (Wildman–Crippen LogP) is 2.56. The van der Waals surface area contributed by atoms with E-state index in [9.17, 15) is 9.59 Å². The second-order valence-corrected chi connectivity index (χ2v) is 5.41. The Balaban J connectivity index is 2.33. The zero-order valence-electron chi connectivity index (χ0n) is 12.8. The number of carbonyl (C=O) groups excluding carboxylic acids is 1. The minimum absolute atomic E-state index is 0.0406. The lowest BCUT2D eigenvalue weighted by Gasteiger charge is -2.13. The quantitative estimate of drug-likeness (QED) is 0.772. The van der Waals surface area contributed by atoms with E-state index in [2.05, 4.69) is 19.2 Å². The topological polar surface area (TPSA) is 75.6 Å². The summed E-state index contributed by atoms with van der Waals surface area (Å²) < 4.78 is 5.40. The van der Waals surface area contributed by atoms with E-state index in [4.69, 9.17) is 9.84 Å². The van der Waals surface area contributed by atoms with Crippen LogP contribution >= 0.6 is 0 Å². The molecular formula is C16H23NO4. The molecule has 0 heterocycles. The van der Waals surface area contributed by atoms with Gasteiger partial charge in [-0.2, -0.15) is 0 Å². The summed E-state index contributed by atoms with van der Waals surface area (Å²) in [5.41, 5.74) is 1.22. The summed E-state index contributed by atoms with van der Waals surface area (Å²) in [6.07, 6.45) is 0.448. The van der Waals surface area contributed by atoms with E-state index in [1.807, 2.05) is 24.3 Å². The average Bonchev–Trinajstić information content (AvgIpc) is 2.43. The van der Waals surface area contributed by atoms with Gasteiger partial charge in [0.2, 0.25) is 0 Å². The molecule has 0 bridgehead atoms. The second kappa shape index (κ2) is 8.29. The van der Waals surface area contributed by atoms with Crippen LogP contribution in [0.5, 0.6) is 5.75 Å². The van der Waals surface area contributed by atoms with Crippen LogP contribution in [0.1, 0.15) is 45.1 Å². The minimum Gasteiger partial charge on any atom is -0.484 e. The fraction of sp³-hybridized carbons (Fsp3) is 0.500. The van der Waals surface area contributed by atoms with E-state index in [-0.39, 0.29) is 25.0 Å². The van der Waals surface area contributed by atoms with Gasteiger partial charge in [-0.1, -0.05) is 26.0 Å². The van der Waals surface area contributed by atoms with Crippen LogP contribution in [0.25, 0.3) is 0 Å². The van der Waals surface area contributed by atoms with Crippen molar-refractivity contribution >= 4 is 11.9 Å². The van der Waals surface area contributed by atoms with Crippen molar-refractivity contribution in [3.8, 4) is 5.75 Å². The molecule has 0 aliphatic rings. The molecular weight excluding hydrogens is 270 g/mol. The van der Waals surface area contributed by atoms with Gasteiger partial charge in [-0.25, -0.2) is 0 Å². The number of carboxylic acids is 1. The highest BCUT2D eigenvalue weighted by molar-refractivity contribution is 5.77. The number of carboxylic acid groups (broad SMARTS) is 1. The molecule has 5 heteroatoms. The molecule has 0 saturated heterocycles. The molecule has 2 N–H and O–H groups in total. The Morgan fingerprint density at radius 3 is 2.33 bits per heavy atom. The molecule has 5 nitrogen and oxygen atoms in total. The molecule has 1 aromatic rings. The fourth-order valence-corrected chi connectivity index (χ4v) is 1.83. The van der Waals surface area contributed by atoms with Gasteiger partial charge in [0.15, 0.2) is 6.61 Å². The molecule has 0 aromatic heterocycles. The summed E-state index contributed by atoms with van der Waals surface area (Å²) in [6, 6.07) is 7.47. The lowest BCUT2D eigenvalue weighted by molar-refractivity contribution is -0.137. The molecule has 0 aliphatic heterocycles.